The normalized spacial score (nSPS) is 17.0. The molecule has 1 saturated heterocycles. The Balaban J connectivity index is 1.81. The van der Waals surface area contributed by atoms with Gasteiger partial charge in [0.15, 0.2) is 0 Å². The van der Waals surface area contributed by atoms with Crippen molar-refractivity contribution in [2.75, 3.05) is 11.5 Å². The molecule has 0 aliphatic carbocycles. The lowest BCUT2D eigenvalue weighted by atomic mass is 9.95. The summed E-state index contributed by atoms with van der Waals surface area (Å²) in [4.78, 5) is 39.6. The SMILES string of the molecule is CCCOC(=O)c1ccc(N2C(=O)C(=O)/C(=C(/O)c3ccc(F)cc3)C2c2ccc(O)cc2)cc1. The van der Waals surface area contributed by atoms with E-state index in [2.05, 4.69) is 0 Å². The Labute approximate surface area is 200 Å². The van der Waals surface area contributed by atoms with Crippen LogP contribution in [0.1, 0.15) is 40.9 Å². The Morgan fingerprint density at radius 3 is 2.14 bits per heavy atom. The van der Waals surface area contributed by atoms with Crippen LogP contribution in [0.4, 0.5) is 10.1 Å². The van der Waals surface area contributed by atoms with Gasteiger partial charge in [0, 0.05) is 11.3 Å². The molecule has 0 radical (unpaired) electrons. The first kappa shape index (κ1) is 23.7. The van der Waals surface area contributed by atoms with E-state index in [9.17, 15) is 29.0 Å². The second-order valence-corrected chi connectivity index (χ2v) is 7.95. The first-order valence-corrected chi connectivity index (χ1v) is 10.9. The Bertz CT molecular complexity index is 1300. The van der Waals surface area contributed by atoms with Crippen molar-refractivity contribution in [3.8, 4) is 5.75 Å². The molecule has 1 aliphatic heterocycles. The van der Waals surface area contributed by atoms with E-state index in [4.69, 9.17) is 4.74 Å². The van der Waals surface area contributed by atoms with Crippen molar-refractivity contribution in [3.05, 3.63) is 101 Å². The molecule has 4 rings (SSSR count). The number of amides is 1. The summed E-state index contributed by atoms with van der Waals surface area (Å²) >= 11 is 0. The highest BCUT2D eigenvalue weighted by Crippen LogP contribution is 2.42. The number of aliphatic hydroxyl groups is 1. The molecule has 1 heterocycles. The first-order chi connectivity index (χ1) is 16.8. The van der Waals surface area contributed by atoms with E-state index in [0.717, 1.165) is 12.1 Å². The number of ether oxygens (including phenoxy) is 1. The third-order valence-corrected chi connectivity index (χ3v) is 5.59. The number of aliphatic hydroxyl groups excluding tert-OH is 1. The molecule has 1 amide bonds. The molecule has 178 valence electrons. The molecule has 0 saturated carbocycles. The smallest absolute Gasteiger partial charge is 0.338 e. The molecule has 1 fully saturated rings. The standard InChI is InChI=1S/C27H22FNO6/c1-2-15-35-27(34)18-5-11-20(12-6-18)29-23(16-7-13-21(30)14-8-16)22(25(32)26(29)33)24(31)17-3-9-19(28)10-4-17/h3-14,23,30-31H,2,15H2,1H3/b24-22+. The fourth-order valence-electron chi connectivity index (χ4n) is 3.87. The molecule has 35 heavy (non-hydrogen) atoms. The molecular formula is C27H22FNO6. The van der Waals surface area contributed by atoms with Gasteiger partial charge >= 0.3 is 5.97 Å². The van der Waals surface area contributed by atoms with Crippen molar-refractivity contribution in [2.45, 2.75) is 19.4 Å². The van der Waals surface area contributed by atoms with E-state index in [0.29, 0.717) is 17.7 Å². The summed E-state index contributed by atoms with van der Waals surface area (Å²) in [6.45, 7) is 2.15. The number of esters is 1. The number of aromatic hydroxyl groups is 1. The number of hydrogen-bond acceptors (Lipinski definition) is 6. The zero-order valence-electron chi connectivity index (χ0n) is 18.8. The highest BCUT2D eigenvalue weighted by molar-refractivity contribution is 6.51. The molecule has 0 aromatic heterocycles. The van der Waals surface area contributed by atoms with Crippen molar-refractivity contribution < 1.29 is 33.7 Å². The minimum absolute atomic E-state index is 0.0146. The van der Waals surface area contributed by atoms with Crippen molar-refractivity contribution in [1.29, 1.82) is 0 Å². The summed E-state index contributed by atoms with van der Waals surface area (Å²) < 4.78 is 18.5. The van der Waals surface area contributed by atoms with Gasteiger partial charge in [-0.2, -0.15) is 0 Å². The lowest BCUT2D eigenvalue weighted by Gasteiger charge is -2.25. The topological polar surface area (TPSA) is 104 Å². The van der Waals surface area contributed by atoms with Crippen LogP contribution in [-0.4, -0.2) is 34.5 Å². The van der Waals surface area contributed by atoms with Gasteiger partial charge in [0.25, 0.3) is 11.7 Å². The Morgan fingerprint density at radius 2 is 1.54 bits per heavy atom. The second kappa shape index (κ2) is 9.80. The molecule has 3 aromatic rings. The molecule has 1 unspecified atom stereocenters. The lowest BCUT2D eigenvalue weighted by Crippen LogP contribution is -2.29. The van der Waals surface area contributed by atoms with Crippen LogP contribution >= 0.6 is 0 Å². The van der Waals surface area contributed by atoms with Crippen LogP contribution in [-0.2, 0) is 14.3 Å². The average Bonchev–Trinajstić information content (AvgIpc) is 3.13. The fourth-order valence-corrected chi connectivity index (χ4v) is 3.87. The zero-order valence-corrected chi connectivity index (χ0v) is 18.8. The number of halogens is 1. The minimum Gasteiger partial charge on any atom is -0.508 e. The quantitative estimate of drug-likeness (QED) is 0.231. The largest absolute Gasteiger partial charge is 0.508 e. The van der Waals surface area contributed by atoms with Crippen molar-refractivity contribution in [2.24, 2.45) is 0 Å². The predicted octanol–water partition coefficient (Wildman–Crippen LogP) is 4.72. The highest BCUT2D eigenvalue weighted by atomic mass is 19.1. The molecule has 2 N–H and O–H groups in total. The maximum Gasteiger partial charge on any atom is 0.338 e. The number of phenols is 1. The first-order valence-electron chi connectivity index (χ1n) is 10.9. The summed E-state index contributed by atoms with van der Waals surface area (Å²) in [6, 6.07) is 15.7. The van der Waals surface area contributed by atoms with Crippen LogP contribution in [0.2, 0.25) is 0 Å². The van der Waals surface area contributed by atoms with E-state index in [1.165, 1.54) is 65.6 Å². The molecule has 3 aromatic carbocycles. The van der Waals surface area contributed by atoms with Crippen molar-refractivity contribution >= 4 is 29.1 Å². The van der Waals surface area contributed by atoms with Gasteiger partial charge in [0.1, 0.15) is 17.3 Å². The zero-order chi connectivity index (χ0) is 25.1. The summed E-state index contributed by atoms with van der Waals surface area (Å²) in [6.07, 6.45) is 0.676. The van der Waals surface area contributed by atoms with Crippen molar-refractivity contribution in [1.82, 2.24) is 0 Å². The number of Topliss-reactive ketones (excluding diaryl/α,β-unsaturated/α-hetero) is 1. The molecule has 1 aliphatic rings. The number of anilines is 1. The number of phenolic OH excluding ortho intramolecular Hbond substituents is 1. The molecule has 0 spiro atoms. The Hall–Kier alpha value is -4.46. The van der Waals surface area contributed by atoms with Crippen LogP contribution in [0.15, 0.2) is 78.4 Å². The Morgan fingerprint density at radius 1 is 0.943 bits per heavy atom. The van der Waals surface area contributed by atoms with Gasteiger partial charge in [-0.25, -0.2) is 9.18 Å². The number of ketones is 1. The van der Waals surface area contributed by atoms with Crippen LogP contribution in [0.5, 0.6) is 5.75 Å². The number of rotatable bonds is 6. The highest BCUT2D eigenvalue weighted by Gasteiger charge is 2.47. The van der Waals surface area contributed by atoms with Crippen LogP contribution < -0.4 is 4.90 Å². The maximum atomic E-state index is 13.4. The van der Waals surface area contributed by atoms with E-state index in [-0.39, 0.29) is 29.1 Å². The monoisotopic (exact) mass is 475 g/mol. The third-order valence-electron chi connectivity index (χ3n) is 5.59. The van der Waals surface area contributed by atoms with Crippen LogP contribution in [0.25, 0.3) is 5.76 Å². The predicted molar refractivity (Wildman–Crippen MR) is 126 cm³/mol. The Kier molecular flexibility index (Phi) is 6.64. The number of benzene rings is 3. The molecule has 0 bridgehead atoms. The van der Waals surface area contributed by atoms with Gasteiger partial charge in [-0.1, -0.05) is 19.1 Å². The maximum absolute atomic E-state index is 13.4. The summed E-state index contributed by atoms with van der Waals surface area (Å²) in [5, 5.41) is 20.7. The number of carbonyl (C=O) groups is 3. The lowest BCUT2D eigenvalue weighted by molar-refractivity contribution is -0.132. The van der Waals surface area contributed by atoms with Gasteiger partial charge in [0.2, 0.25) is 0 Å². The van der Waals surface area contributed by atoms with E-state index in [1.807, 2.05) is 6.92 Å². The van der Waals surface area contributed by atoms with Gasteiger partial charge < -0.3 is 14.9 Å². The second-order valence-electron chi connectivity index (χ2n) is 7.95. The van der Waals surface area contributed by atoms with Gasteiger partial charge in [-0.05, 0) is 72.6 Å². The van der Waals surface area contributed by atoms with Crippen molar-refractivity contribution in [3.63, 3.8) is 0 Å². The molecule has 7 nitrogen and oxygen atoms in total. The van der Waals surface area contributed by atoms with Crippen LogP contribution in [0, 0.1) is 5.82 Å². The van der Waals surface area contributed by atoms with E-state index < -0.39 is 35.3 Å². The average molecular weight is 475 g/mol. The van der Waals surface area contributed by atoms with Crippen LogP contribution in [0.3, 0.4) is 0 Å². The van der Waals surface area contributed by atoms with Gasteiger partial charge in [-0.15, -0.1) is 0 Å². The number of hydrogen-bond donors (Lipinski definition) is 2. The van der Waals surface area contributed by atoms with Gasteiger partial charge in [-0.3, -0.25) is 14.5 Å². The van der Waals surface area contributed by atoms with Gasteiger partial charge in [0.05, 0.1) is 23.8 Å². The molecular weight excluding hydrogens is 453 g/mol. The summed E-state index contributed by atoms with van der Waals surface area (Å²) in [5.41, 5.74) is 1.04. The van der Waals surface area contributed by atoms with E-state index in [1.54, 1.807) is 0 Å². The minimum atomic E-state index is -1.03. The molecule has 1 atom stereocenters. The summed E-state index contributed by atoms with van der Waals surface area (Å²) in [7, 11) is 0. The van der Waals surface area contributed by atoms with E-state index >= 15 is 0 Å². The number of carbonyl (C=O) groups excluding carboxylic acids is 3. The summed E-state index contributed by atoms with van der Waals surface area (Å²) in [5.74, 6) is -3.30. The fraction of sp³-hybridized carbons (Fsp3) is 0.148. The third kappa shape index (κ3) is 4.63. The number of nitrogens with zero attached hydrogens (tertiary/aromatic N) is 1. The molecule has 8 heteroatoms.